The van der Waals surface area contributed by atoms with Crippen LogP contribution in [0.1, 0.15) is 22.8 Å². The Labute approximate surface area is 122 Å². The van der Waals surface area contributed by atoms with Crippen LogP contribution in [0.2, 0.25) is 19.6 Å². The predicted octanol–water partition coefficient (Wildman–Crippen LogP) is 3.37. The normalized spacial score (nSPS) is 12.3. The van der Waals surface area contributed by atoms with Gasteiger partial charge in [0.1, 0.15) is 6.10 Å². The van der Waals surface area contributed by atoms with Crippen molar-refractivity contribution in [2.75, 3.05) is 7.11 Å². The van der Waals surface area contributed by atoms with Crippen molar-refractivity contribution in [3.05, 3.63) is 34.9 Å². The summed E-state index contributed by atoms with van der Waals surface area (Å²) in [6, 6.07) is 6.07. The maximum absolute atomic E-state index is 11.2. The van der Waals surface area contributed by atoms with Gasteiger partial charge in [-0.1, -0.05) is 24.1 Å². The van der Waals surface area contributed by atoms with Crippen LogP contribution in [-0.2, 0) is 14.0 Å². The second kappa shape index (κ2) is 6.73. The van der Waals surface area contributed by atoms with Crippen molar-refractivity contribution in [2.45, 2.75) is 39.6 Å². The van der Waals surface area contributed by atoms with Gasteiger partial charge in [-0.3, -0.25) is 0 Å². The van der Waals surface area contributed by atoms with Gasteiger partial charge < -0.3 is 9.16 Å². The van der Waals surface area contributed by atoms with Crippen molar-refractivity contribution < 1.29 is 14.0 Å². The first-order valence-corrected chi connectivity index (χ1v) is 9.99. The molecule has 1 rings (SSSR count). The van der Waals surface area contributed by atoms with Crippen LogP contribution < -0.4 is 0 Å². The third-order valence-electron chi connectivity index (χ3n) is 2.77. The second-order valence-corrected chi connectivity index (χ2v) is 10.1. The van der Waals surface area contributed by atoms with Gasteiger partial charge in [0.15, 0.2) is 8.32 Å². The monoisotopic (exact) mass is 290 g/mol. The van der Waals surface area contributed by atoms with Gasteiger partial charge >= 0.3 is 5.97 Å². The zero-order valence-electron chi connectivity index (χ0n) is 13.0. The third kappa shape index (κ3) is 4.84. The molecule has 0 saturated carbocycles. The van der Waals surface area contributed by atoms with Gasteiger partial charge in [-0.05, 0) is 50.2 Å². The van der Waals surface area contributed by atoms with Crippen molar-refractivity contribution in [1.82, 2.24) is 0 Å². The fourth-order valence-electron chi connectivity index (χ4n) is 1.93. The molecule has 20 heavy (non-hydrogen) atoms. The van der Waals surface area contributed by atoms with Crippen LogP contribution in [0.15, 0.2) is 18.2 Å². The van der Waals surface area contributed by atoms with Gasteiger partial charge in [0.05, 0.1) is 7.11 Å². The van der Waals surface area contributed by atoms with Crippen LogP contribution in [-0.4, -0.2) is 21.4 Å². The van der Waals surface area contributed by atoms with Crippen molar-refractivity contribution in [3.63, 3.8) is 0 Å². The van der Waals surface area contributed by atoms with E-state index in [1.807, 2.05) is 32.0 Å². The highest BCUT2D eigenvalue weighted by Crippen LogP contribution is 2.27. The number of hydrogen-bond donors (Lipinski definition) is 0. The van der Waals surface area contributed by atoms with Crippen molar-refractivity contribution in [1.29, 1.82) is 0 Å². The number of ether oxygens (including phenoxy) is 1. The van der Waals surface area contributed by atoms with Crippen molar-refractivity contribution in [2.24, 2.45) is 0 Å². The molecule has 1 aromatic rings. The quantitative estimate of drug-likeness (QED) is 0.370. The smallest absolute Gasteiger partial charge is 0.384 e. The maximum atomic E-state index is 11.2. The van der Waals surface area contributed by atoms with Gasteiger partial charge in [0.25, 0.3) is 0 Å². The molecular formula is C16H22O3Si. The summed E-state index contributed by atoms with van der Waals surface area (Å²) in [5.74, 6) is 4.87. The third-order valence-corrected chi connectivity index (χ3v) is 3.71. The standard InChI is InChI=1S/C16H22O3Si/c1-12-8-7-9-13(2)16(12)14(19-20(4,5)6)10-11-15(17)18-3/h7-9,14H,1-6H3. The Kier molecular flexibility index (Phi) is 5.55. The zero-order valence-corrected chi connectivity index (χ0v) is 14.0. The number of hydrogen-bond acceptors (Lipinski definition) is 3. The molecule has 3 nitrogen and oxygen atoms in total. The molecule has 4 heteroatoms. The van der Waals surface area contributed by atoms with E-state index in [0.717, 1.165) is 16.7 Å². The fraction of sp³-hybridized carbons (Fsp3) is 0.438. The molecule has 1 aromatic carbocycles. The van der Waals surface area contributed by atoms with Crippen LogP contribution >= 0.6 is 0 Å². The SMILES string of the molecule is COC(=O)C#CC(O[Si](C)(C)C)c1c(C)cccc1C. The summed E-state index contributed by atoms with van der Waals surface area (Å²) in [5.41, 5.74) is 3.28. The zero-order chi connectivity index (χ0) is 15.3. The largest absolute Gasteiger partial charge is 0.459 e. The number of benzene rings is 1. The van der Waals surface area contributed by atoms with E-state index in [1.165, 1.54) is 7.11 Å². The van der Waals surface area contributed by atoms with Crippen molar-refractivity contribution in [3.8, 4) is 11.8 Å². The average molecular weight is 290 g/mol. The summed E-state index contributed by atoms with van der Waals surface area (Å²) in [4.78, 5) is 11.2. The van der Waals surface area contributed by atoms with Crippen LogP contribution in [0.5, 0.6) is 0 Å². The Morgan fingerprint density at radius 2 is 1.75 bits per heavy atom. The highest BCUT2D eigenvalue weighted by molar-refractivity contribution is 6.69. The summed E-state index contributed by atoms with van der Waals surface area (Å²) in [7, 11) is -0.462. The fourth-order valence-corrected chi connectivity index (χ4v) is 2.81. The predicted molar refractivity (Wildman–Crippen MR) is 82.9 cm³/mol. The van der Waals surface area contributed by atoms with E-state index >= 15 is 0 Å². The van der Waals surface area contributed by atoms with Gasteiger partial charge in [-0.25, -0.2) is 4.79 Å². The van der Waals surface area contributed by atoms with E-state index in [-0.39, 0.29) is 6.10 Å². The topological polar surface area (TPSA) is 35.5 Å². The Bertz CT molecular complexity index is 527. The summed E-state index contributed by atoms with van der Waals surface area (Å²) in [5, 5.41) is 0. The molecule has 0 aliphatic carbocycles. The Morgan fingerprint density at radius 1 is 1.20 bits per heavy atom. The lowest BCUT2D eigenvalue weighted by Crippen LogP contribution is -2.28. The summed E-state index contributed by atoms with van der Waals surface area (Å²) in [6.07, 6.45) is -0.387. The Morgan fingerprint density at radius 3 is 2.20 bits per heavy atom. The number of methoxy groups -OCH3 is 1. The number of carbonyl (C=O) groups is 1. The molecule has 0 aromatic heterocycles. The Hall–Kier alpha value is -1.57. The van der Waals surface area contributed by atoms with E-state index in [1.54, 1.807) is 0 Å². The molecule has 1 atom stereocenters. The van der Waals surface area contributed by atoms with E-state index in [0.29, 0.717) is 0 Å². The van der Waals surface area contributed by atoms with Crippen LogP contribution in [0.25, 0.3) is 0 Å². The minimum Gasteiger partial charge on any atom is -0.459 e. The van der Waals surface area contributed by atoms with Gasteiger partial charge in [-0.15, -0.1) is 0 Å². The minimum atomic E-state index is -1.79. The van der Waals surface area contributed by atoms with Gasteiger partial charge in [-0.2, -0.15) is 0 Å². The average Bonchev–Trinajstić information content (AvgIpc) is 2.33. The molecule has 0 saturated heterocycles. The molecule has 0 N–H and O–H groups in total. The first kappa shape index (κ1) is 16.5. The van der Waals surface area contributed by atoms with Crippen molar-refractivity contribution >= 4 is 14.3 Å². The first-order chi connectivity index (χ1) is 9.24. The van der Waals surface area contributed by atoms with E-state index < -0.39 is 14.3 Å². The molecule has 0 aliphatic rings. The molecule has 0 aliphatic heterocycles. The molecule has 0 spiro atoms. The lowest BCUT2D eigenvalue weighted by atomic mass is 9.98. The lowest BCUT2D eigenvalue weighted by molar-refractivity contribution is -0.133. The number of esters is 1. The highest BCUT2D eigenvalue weighted by atomic mass is 28.4. The van der Waals surface area contributed by atoms with E-state index in [4.69, 9.17) is 4.43 Å². The molecule has 0 radical (unpaired) electrons. The summed E-state index contributed by atoms with van der Waals surface area (Å²) < 4.78 is 10.7. The minimum absolute atomic E-state index is 0.387. The van der Waals surface area contributed by atoms with E-state index in [2.05, 4.69) is 36.2 Å². The molecule has 0 fully saturated rings. The molecule has 0 amide bonds. The van der Waals surface area contributed by atoms with Crippen LogP contribution in [0, 0.1) is 25.7 Å². The van der Waals surface area contributed by atoms with Gasteiger partial charge in [0.2, 0.25) is 0 Å². The second-order valence-electron chi connectivity index (χ2n) is 5.68. The number of aryl methyl sites for hydroxylation is 2. The van der Waals surface area contributed by atoms with Crippen LogP contribution in [0.3, 0.4) is 0 Å². The summed E-state index contributed by atoms with van der Waals surface area (Å²) >= 11 is 0. The number of carbonyl (C=O) groups excluding carboxylic acids is 1. The maximum Gasteiger partial charge on any atom is 0.384 e. The molecule has 1 unspecified atom stereocenters. The Balaban J connectivity index is 3.22. The lowest BCUT2D eigenvalue weighted by Gasteiger charge is -2.25. The molecule has 0 heterocycles. The first-order valence-electron chi connectivity index (χ1n) is 6.58. The van der Waals surface area contributed by atoms with Gasteiger partial charge in [0, 0.05) is 5.92 Å². The van der Waals surface area contributed by atoms with E-state index in [9.17, 15) is 4.79 Å². The molecule has 108 valence electrons. The number of rotatable bonds is 3. The van der Waals surface area contributed by atoms with Crippen LogP contribution in [0.4, 0.5) is 0 Å². The molecule has 0 bridgehead atoms. The highest BCUT2D eigenvalue weighted by Gasteiger charge is 2.23. The molecular weight excluding hydrogens is 268 g/mol. The summed E-state index contributed by atoms with van der Waals surface area (Å²) in [6.45, 7) is 10.4.